The predicted octanol–water partition coefficient (Wildman–Crippen LogP) is 3.94. The Bertz CT molecular complexity index is 2510. The van der Waals surface area contributed by atoms with Gasteiger partial charge in [0.05, 0.1) is 46.3 Å². The first-order valence-corrected chi connectivity index (χ1v) is 20.0. The van der Waals surface area contributed by atoms with Crippen molar-refractivity contribution in [1.29, 1.82) is 0 Å². The first kappa shape index (κ1) is 34.1. The number of pyridine rings is 1. The summed E-state index contributed by atoms with van der Waals surface area (Å²) in [6.07, 6.45) is 4.88. The maximum Gasteiger partial charge on any atom is 0.263 e. The molecule has 282 valence electrons. The van der Waals surface area contributed by atoms with Crippen molar-refractivity contribution in [2.24, 2.45) is 7.05 Å². The number of fused-ring (bicyclic) bond motifs is 6. The Hall–Kier alpha value is -5.38. The molecule has 55 heavy (non-hydrogen) atoms. The first-order chi connectivity index (χ1) is 26.8. The number of amides is 3. The Morgan fingerprint density at radius 1 is 0.945 bits per heavy atom. The Labute approximate surface area is 321 Å². The van der Waals surface area contributed by atoms with Gasteiger partial charge in [-0.3, -0.25) is 38.9 Å². The Morgan fingerprint density at radius 3 is 2.60 bits per heavy atom. The second-order valence-electron chi connectivity index (χ2n) is 15.4. The quantitative estimate of drug-likeness (QED) is 0.205. The molecule has 4 aliphatic rings. The third-order valence-corrected chi connectivity index (χ3v) is 13.0. The van der Waals surface area contributed by atoms with Crippen LogP contribution in [0.5, 0.6) is 0 Å². The fourth-order valence-electron chi connectivity index (χ4n) is 8.64. The molecule has 14 nitrogen and oxygen atoms in total. The van der Waals surface area contributed by atoms with Gasteiger partial charge < -0.3 is 15.5 Å². The number of likely N-dealkylation sites (tertiary alicyclic amines) is 1. The second kappa shape index (κ2) is 13.4. The van der Waals surface area contributed by atoms with E-state index in [0.29, 0.717) is 25.4 Å². The van der Waals surface area contributed by atoms with Gasteiger partial charge in [-0.2, -0.15) is 10.2 Å². The maximum atomic E-state index is 12.8. The van der Waals surface area contributed by atoms with Crippen LogP contribution in [-0.4, -0.2) is 117 Å². The molecule has 0 radical (unpaired) electrons. The summed E-state index contributed by atoms with van der Waals surface area (Å²) in [4.78, 5) is 50.3. The van der Waals surface area contributed by atoms with Crippen molar-refractivity contribution < 1.29 is 14.4 Å². The standard InChI is InChI=1S/C40H43N11O3S/c1-23-18-41-37-35-27-5-7-30(44-31(27)8-9-33(35)55-38(37)40(54)43-23)24-19-42-51(20-24)26-21-49(22-26)12-11-48-13-15-50(16-14-48)25-3-4-28-32(17-25)47(2)46-36(28)29-6-10-34(52)45-39(29)53/h3-5,7-9,17,19-20,23,26,29,41H,6,10-16,18,21-22H2,1-2H3,(H,43,54)(H,45,52,53)/t23-,29?/m1/s1. The predicted molar refractivity (Wildman–Crippen MR) is 214 cm³/mol. The van der Waals surface area contributed by atoms with Crippen LogP contribution < -0.4 is 20.9 Å². The molecule has 6 aromatic rings. The van der Waals surface area contributed by atoms with E-state index in [2.05, 4.69) is 84.0 Å². The SMILES string of the molecule is C[C@@H]1CNc2c(sc3ccc4nc(-c5cnn(C6CN(CCN7CCN(c8ccc9c(C%10CCC(=O)NC%10=O)nn(C)c9c8)CC7)C6)c5)ccc4c23)C(=O)N1. The number of hydrogen-bond acceptors (Lipinski definition) is 11. The van der Waals surface area contributed by atoms with Gasteiger partial charge in [-0.1, -0.05) is 0 Å². The highest BCUT2D eigenvalue weighted by Gasteiger charge is 2.33. The third kappa shape index (κ3) is 6.10. The molecule has 3 N–H and O–H groups in total. The molecule has 2 atom stereocenters. The van der Waals surface area contributed by atoms with Gasteiger partial charge in [-0.15, -0.1) is 11.3 Å². The van der Waals surface area contributed by atoms with E-state index in [0.717, 1.165) is 112 Å². The van der Waals surface area contributed by atoms with Crippen LogP contribution in [0.3, 0.4) is 0 Å². The van der Waals surface area contributed by atoms with Crippen LogP contribution in [0.15, 0.2) is 54.9 Å². The minimum Gasteiger partial charge on any atom is -0.381 e. The van der Waals surface area contributed by atoms with Gasteiger partial charge in [0, 0.05) is 117 Å². The molecular weight excluding hydrogens is 715 g/mol. The van der Waals surface area contributed by atoms with E-state index in [-0.39, 0.29) is 23.8 Å². The second-order valence-corrected chi connectivity index (χ2v) is 16.5. The first-order valence-electron chi connectivity index (χ1n) is 19.2. The highest BCUT2D eigenvalue weighted by Crippen LogP contribution is 2.41. The van der Waals surface area contributed by atoms with Gasteiger partial charge in [-0.25, -0.2) is 4.98 Å². The highest BCUT2D eigenvalue weighted by atomic mass is 32.1. The summed E-state index contributed by atoms with van der Waals surface area (Å²) in [5.41, 5.74) is 6.64. The van der Waals surface area contributed by atoms with E-state index >= 15 is 0 Å². The van der Waals surface area contributed by atoms with Crippen LogP contribution in [0.2, 0.25) is 0 Å². The van der Waals surface area contributed by atoms with Gasteiger partial charge in [-0.05, 0) is 55.8 Å². The molecule has 0 saturated carbocycles. The van der Waals surface area contributed by atoms with Crippen molar-refractivity contribution in [2.75, 3.05) is 69.1 Å². The Morgan fingerprint density at radius 2 is 1.76 bits per heavy atom. The molecule has 0 bridgehead atoms. The van der Waals surface area contributed by atoms with Gasteiger partial charge in [0.15, 0.2) is 0 Å². The normalized spacial score (nSPS) is 21.4. The number of anilines is 2. The van der Waals surface area contributed by atoms with Crippen molar-refractivity contribution in [3.8, 4) is 11.3 Å². The van der Waals surface area contributed by atoms with Crippen LogP contribution in [0.25, 0.3) is 43.1 Å². The molecule has 0 aliphatic carbocycles. The summed E-state index contributed by atoms with van der Waals surface area (Å²) in [5.74, 6) is -0.878. The molecule has 1 unspecified atom stereocenters. The summed E-state index contributed by atoms with van der Waals surface area (Å²) >= 11 is 1.53. The number of carbonyl (C=O) groups excluding carboxylic acids is 3. The molecule has 3 amide bonds. The lowest BCUT2D eigenvalue weighted by Crippen LogP contribution is -2.53. The number of rotatable bonds is 7. The van der Waals surface area contributed by atoms with Crippen molar-refractivity contribution >= 4 is 72.3 Å². The van der Waals surface area contributed by atoms with E-state index in [1.807, 2.05) is 24.9 Å². The third-order valence-electron chi connectivity index (χ3n) is 11.8. The number of nitrogens with one attached hydrogen (secondary N) is 3. The molecule has 10 rings (SSSR count). The van der Waals surface area contributed by atoms with Crippen molar-refractivity contribution in [3.05, 3.63) is 65.4 Å². The van der Waals surface area contributed by atoms with Crippen molar-refractivity contribution in [2.45, 2.75) is 37.8 Å². The van der Waals surface area contributed by atoms with Crippen molar-refractivity contribution in [3.63, 3.8) is 0 Å². The van der Waals surface area contributed by atoms with Gasteiger partial charge >= 0.3 is 0 Å². The lowest BCUT2D eigenvalue weighted by Gasteiger charge is -2.41. The zero-order valence-electron chi connectivity index (χ0n) is 30.9. The van der Waals surface area contributed by atoms with E-state index < -0.39 is 5.92 Å². The average molecular weight is 758 g/mol. The summed E-state index contributed by atoms with van der Waals surface area (Å²) < 4.78 is 5.03. The average Bonchev–Trinajstić information content (AvgIpc) is 3.87. The van der Waals surface area contributed by atoms with Gasteiger partial charge in [0.1, 0.15) is 4.88 Å². The summed E-state index contributed by atoms with van der Waals surface area (Å²) in [5, 5.41) is 21.6. The largest absolute Gasteiger partial charge is 0.381 e. The van der Waals surface area contributed by atoms with E-state index in [4.69, 9.17) is 15.2 Å². The van der Waals surface area contributed by atoms with E-state index in [1.54, 1.807) is 0 Å². The minimum absolute atomic E-state index is 0.0195. The van der Waals surface area contributed by atoms with E-state index in [9.17, 15) is 14.4 Å². The zero-order chi connectivity index (χ0) is 37.4. The zero-order valence-corrected chi connectivity index (χ0v) is 31.7. The number of piperazine rings is 1. The Kier molecular flexibility index (Phi) is 8.33. The van der Waals surface area contributed by atoms with Crippen molar-refractivity contribution in [1.82, 2.24) is 45.0 Å². The fourth-order valence-corrected chi connectivity index (χ4v) is 9.74. The summed E-state index contributed by atoms with van der Waals surface area (Å²) in [6.45, 7) is 10.7. The number of imide groups is 1. The molecular formula is C40H43N11O3S. The van der Waals surface area contributed by atoms with Crippen LogP contribution in [0, 0.1) is 0 Å². The molecule has 3 fully saturated rings. The number of aromatic nitrogens is 5. The number of hydrogen-bond donors (Lipinski definition) is 3. The summed E-state index contributed by atoms with van der Waals surface area (Å²) in [7, 11) is 1.92. The number of benzene rings is 2. The van der Waals surface area contributed by atoms with Crippen LogP contribution >= 0.6 is 11.3 Å². The lowest BCUT2D eigenvalue weighted by atomic mass is 9.93. The highest BCUT2D eigenvalue weighted by molar-refractivity contribution is 7.21. The fraction of sp³-hybridized carbons (Fsp3) is 0.400. The minimum atomic E-state index is -0.396. The smallest absolute Gasteiger partial charge is 0.263 e. The van der Waals surface area contributed by atoms with Crippen LogP contribution in [0.4, 0.5) is 11.4 Å². The van der Waals surface area contributed by atoms with Crippen LogP contribution in [0.1, 0.15) is 47.1 Å². The molecule has 8 heterocycles. The molecule has 2 aromatic carbocycles. The number of aryl methyl sites for hydroxylation is 1. The van der Waals surface area contributed by atoms with E-state index in [1.165, 1.54) is 17.0 Å². The maximum absolute atomic E-state index is 12.8. The molecule has 3 saturated heterocycles. The monoisotopic (exact) mass is 757 g/mol. The van der Waals surface area contributed by atoms with Gasteiger partial charge in [0.2, 0.25) is 11.8 Å². The Balaban J connectivity index is 0.730. The molecule has 15 heteroatoms. The topological polar surface area (TPSA) is 146 Å². The summed E-state index contributed by atoms with van der Waals surface area (Å²) in [6, 6.07) is 15.1. The molecule has 4 aliphatic heterocycles. The number of nitrogens with zero attached hydrogens (tertiary/aromatic N) is 8. The number of carbonyl (C=O) groups is 3. The lowest BCUT2D eigenvalue weighted by molar-refractivity contribution is -0.134. The van der Waals surface area contributed by atoms with Gasteiger partial charge in [0.25, 0.3) is 5.91 Å². The van der Waals surface area contributed by atoms with Crippen LogP contribution in [-0.2, 0) is 16.6 Å². The molecule has 0 spiro atoms. The molecule has 4 aromatic heterocycles. The number of piperidine rings is 1. The number of thiophene rings is 1.